The number of aromatic nitrogens is 6. The Hall–Kier alpha value is -3.83. The zero-order chi connectivity index (χ0) is 25.5. The second kappa shape index (κ2) is 9.56. The van der Waals surface area contributed by atoms with Gasteiger partial charge >= 0.3 is 6.01 Å². The smallest absolute Gasteiger partial charge is 0.318 e. The van der Waals surface area contributed by atoms with Gasteiger partial charge in [-0.2, -0.15) is 9.61 Å². The second-order valence-electron chi connectivity index (χ2n) is 9.15. The maximum Gasteiger partial charge on any atom is 0.318 e. The van der Waals surface area contributed by atoms with Crippen molar-refractivity contribution in [2.45, 2.75) is 31.8 Å². The van der Waals surface area contributed by atoms with Crippen LogP contribution in [0.4, 0.5) is 11.8 Å². The van der Waals surface area contributed by atoms with Crippen LogP contribution in [0.3, 0.4) is 0 Å². The second-order valence-corrected chi connectivity index (χ2v) is 9.94. The monoisotopic (exact) mass is 560 g/mol. The topological polar surface area (TPSA) is 131 Å². The van der Waals surface area contributed by atoms with Crippen LogP contribution in [0.2, 0.25) is 0 Å². The Morgan fingerprint density at radius 1 is 1.05 bits per heavy atom. The molecule has 0 radical (unpaired) electrons. The van der Waals surface area contributed by atoms with E-state index in [-0.39, 0.29) is 11.8 Å². The molecule has 4 aromatic heterocycles. The lowest BCUT2D eigenvalue weighted by atomic mass is 9.93. The number of nitrogens with two attached hydrogens (primary N) is 1. The van der Waals surface area contributed by atoms with Gasteiger partial charge in [0.25, 0.3) is 0 Å². The van der Waals surface area contributed by atoms with Crippen LogP contribution in [0, 0.1) is 0 Å². The Morgan fingerprint density at radius 2 is 1.84 bits per heavy atom. The Balaban J connectivity index is 1.27. The molecule has 1 aromatic carbocycles. The molecule has 5 heterocycles. The fourth-order valence-electron chi connectivity index (χ4n) is 4.69. The fraction of sp³-hybridized carbons (Fsp3) is 0.269. The third-order valence-electron chi connectivity index (χ3n) is 6.73. The lowest BCUT2D eigenvalue weighted by molar-refractivity contribution is 0.163. The summed E-state index contributed by atoms with van der Waals surface area (Å²) in [5, 5.41) is 22.2. The van der Waals surface area contributed by atoms with Crippen molar-refractivity contribution in [2.75, 3.05) is 23.7 Å². The molecule has 1 aliphatic heterocycles. The molecule has 10 nitrogen and oxygen atoms in total. The van der Waals surface area contributed by atoms with E-state index in [1.54, 1.807) is 17.6 Å². The van der Waals surface area contributed by atoms with E-state index in [2.05, 4.69) is 36.2 Å². The van der Waals surface area contributed by atoms with Crippen molar-refractivity contribution in [1.29, 1.82) is 0 Å². The Kier molecular flexibility index (Phi) is 6.09. The lowest BCUT2D eigenvalue weighted by Crippen LogP contribution is -2.33. The first-order valence-electron chi connectivity index (χ1n) is 12.1. The minimum Gasteiger partial charge on any atom is -0.405 e. The predicted octanol–water partition coefficient (Wildman–Crippen LogP) is 4.62. The predicted molar refractivity (Wildman–Crippen MR) is 143 cm³/mol. The first-order valence-corrected chi connectivity index (χ1v) is 12.9. The fourth-order valence-corrected chi connectivity index (χ4v) is 5.27. The molecule has 3 N–H and O–H groups in total. The van der Waals surface area contributed by atoms with E-state index >= 15 is 0 Å². The number of hydrogen-bond donors (Lipinski definition) is 2. The summed E-state index contributed by atoms with van der Waals surface area (Å²) in [5.74, 6) is 0.929. The maximum absolute atomic E-state index is 9.67. The number of nitrogen functional groups attached to an aromatic ring is 1. The van der Waals surface area contributed by atoms with E-state index in [0.29, 0.717) is 17.5 Å². The summed E-state index contributed by atoms with van der Waals surface area (Å²) < 4.78 is 8.04. The number of rotatable bonds is 5. The highest BCUT2D eigenvalue weighted by Crippen LogP contribution is 2.37. The number of nitrogens with zero attached hydrogens (tertiary/aromatic N) is 7. The first kappa shape index (κ1) is 23.6. The molecule has 0 amide bonds. The molecule has 0 bridgehead atoms. The number of aliphatic hydroxyl groups excluding tert-OH is 1. The van der Waals surface area contributed by atoms with Crippen molar-refractivity contribution >= 4 is 33.4 Å². The van der Waals surface area contributed by atoms with Gasteiger partial charge in [0.05, 0.1) is 22.1 Å². The van der Waals surface area contributed by atoms with Gasteiger partial charge in [0.2, 0.25) is 5.89 Å². The zero-order valence-corrected chi connectivity index (χ0v) is 21.7. The molecule has 1 saturated heterocycles. The molecule has 1 aliphatic rings. The molecule has 37 heavy (non-hydrogen) atoms. The van der Waals surface area contributed by atoms with Crippen LogP contribution in [0.1, 0.15) is 43.4 Å². The van der Waals surface area contributed by atoms with Gasteiger partial charge in [-0.1, -0.05) is 41.5 Å². The summed E-state index contributed by atoms with van der Waals surface area (Å²) in [7, 11) is 0. The van der Waals surface area contributed by atoms with Crippen molar-refractivity contribution in [3.8, 4) is 22.4 Å². The van der Waals surface area contributed by atoms with Gasteiger partial charge < -0.3 is 20.2 Å². The van der Waals surface area contributed by atoms with Crippen molar-refractivity contribution in [3.63, 3.8) is 0 Å². The molecule has 0 spiro atoms. The number of halogens is 1. The molecule has 6 rings (SSSR count). The molecule has 0 unspecified atom stereocenters. The number of anilines is 2. The normalized spacial score (nSPS) is 15.4. The third kappa shape index (κ3) is 4.34. The summed E-state index contributed by atoms with van der Waals surface area (Å²) >= 11 is 3.67. The molecule has 188 valence electrons. The largest absolute Gasteiger partial charge is 0.405 e. The van der Waals surface area contributed by atoms with Crippen molar-refractivity contribution in [1.82, 2.24) is 29.8 Å². The van der Waals surface area contributed by atoms with Gasteiger partial charge in [0.15, 0.2) is 5.65 Å². The average Bonchev–Trinajstić information content (AvgIpc) is 3.60. The summed E-state index contributed by atoms with van der Waals surface area (Å²) in [6, 6.07) is 14.6. The number of aliphatic hydroxyl groups is 1. The number of pyridine rings is 1. The quantitative estimate of drug-likeness (QED) is 0.315. The van der Waals surface area contributed by atoms with Crippen LogP contribution in [0.15, 0.2) is 63.7 Å². The molecule has 0 saturated carbocycles. The Labute approximate surface area is 221 Å². The van der Waals surface area contributed by atoms with E-state index < -0.39 is 6.10 Å². The van der Waals surface area contributed by atoms with Crippen LogP contribution in [0.5, 0.6) is 0 Å². The summed E-state index contributed by atoms with van der Waals surface area (Å²) in [4.78, 5) is 11.7. The molecule has 11 heteroatoms. The van der Waals surface area contributed by atoms with E-state index in [4.69, 9.17) is 15.1 Å². The maximum atomic E-state index is 9.67. The molecule has 0 aliphatic carbocycles. The highest BCUT2D eigenvalue weighted by Gasteiger charge is 2.28. The number of fused-ring (bicyclic) bond motifs is 1. The summed E-state index contributed by atoms with van der Waals surface area (Å²) in [6.07, 6.45) is 4.52. The van der Waals surface area contributed by atoms with Crippen LogP contribution in [0.25, 0.3) is 28.0 Å². The highest BCUT2D eigenvalue weighted by molar-refractivity contribution is 9.10. The van der Waals surface area contributed by atoms with Crippen LogP contribution >= 0.6 is 15.9 Å². The third-order valence-corrected chi connectivity index (χ3v) is 7.54. The lowest BCUT2D eigenvalue weighted by Gasteiger charge is -2.30. The number of piperidine rings is 1. The molecule has 1 fully saturated rings. The van der Waals surface area contributed by atoms with E-state index in [1.807, 2.05) is 53.6 Å². The van der Waals surface area contributed by atoms with Gasteiger partial charge in [-0.05, 0) is 41.8 Å². The van der Waals surface area contributed by atoms with E-state index in [1.165, 1.54) is 0 Å². The number of benzene rings is 1. The van der Waals surface area contributed by atoms with Gasteiger partial charge in [-0.25, -0.2) is 4.98 Å². The molecule has 5 aromatic rings. The Morgan fingerprint density at radius 3 is 2.51 bits per heavy atom. The minimum absolute atomic E-state index is 0.193. The SMILES string of the molecule is C[C@@H](O)c1nnc(N2CCC(c3nc4c(-c5ccc(-c6ccccc6)nc5)cnn4c(N)c3Br)CC2)o1. The number of hydrogen-bond acceptors (Lipinski definition) is 9. The highest BCUT2D eigenvalue weighted by atomic mass is 79.9. The molecular weight excluding hydrogens is 536 g/mol. The average molecular weight is 561 g/mol. The Bertz CT molecular complexity index is 1540. The van der Waals surface area contributed by atoms with E-state index in [0.717, 1.165) is 58.5 Å². The summed E-state index contributed by atoms with van der Waals surface area (Å²) in [6.45, 7) is 3.05. The van der Waals surface area contributed by atoms with Crippen molar-refractivity contribution in [2.24, 2.45) is 0 Å². The van der Waals surface area contributed by atoms with E-state index in [9.17, 15) is 5.11 Å². The van der Waals surface area contributed by atoms with Crippen LogP contribution in [-0.2, 0) is 0 Å². The van der Waals surface area contributed by atoms with Gasteiger partial charge in [0.1, 0.15) is 11.9 Å². The molecular formula is C26H25BrN8O2. The molecule has 1 atom stereocenters. The van der Waals surface area contributed by atoms with Gasteiger partial charge in [0, 0.05) is 41.9 Å². The zero-order valence-electron chi connectivity index (χ0n) is 20.1. The van der Waals surface area contributed by atoms with Crippen molar-refractivity contribution < 1.29 is 9.52 Å². The summed E-state index contributed by atoms with van der Waals surface area (Å²) in [5.41, 5.74) is 11.9. The minimum atomic E-state index is -0.789. The first-order chi connectivity index (χ1) is 18.0. The van der Waals surface area contributed by atoms with Crippen LogP contribution < -0.4 is 10.6 Å². The van der Waals surface area contributed by atoms with Gasteiger partial charge in [-0.15, -0.1) is 5.10 Å². The standard InChI is InChI=1S/C26H25BrN8O2/c1-15(36)25-32-33-26(37-25)34-11-9-17(10-12-34)22-21(27)23(28)35-24(31-22)19(14-30-35)18-7-8-20(29-13-18)16-5-3-2-4-6-16/h2-8,13-15,17,36H,9-12,28H2,1H3/t15-/m1/s1. The van der Waals surface area contributed by atoms with Gasteiger partial charge in [-0.3, -0.25) is 4.98 Å². The van der Waals surface area contributed by atoms with Crippen LogP contribution in [-0.4, -0.2) is 48.0 Å². The van der Waals surface area contributed by atoms with Crippen molar-refractivity contribution in [3.05, 3.63) is 70.9 Å².